The molecule has 2 aromatic carbocycles. The molecule has 0 heterocycles. The first-order valence-corrected chi connectivity index (χ1v) is 10.4. The number of sulfonamides is 1. The second kappa shape index (κ2) is 10.2. The number of hydrogen-bond acceptors (Lipinski definition) is 7. The van der Waals surface area contributed by atoms with Crippen LogP contribution in [0.3, 0.4) is 0 Å². The fraction of sp³-hybridized carbons (Fsp3) is 0.158. The van der Waals surface area contributed by atoms with Crippen LogP contribution in [0.2, 0.25) is 0 Å². The summed E-state index contributed by atoms with van der Waals surface area (Å²) in [5.41, 5.74) is 2.59. The number of nitro benzene ring substituents is 1. The molecule has 30 heavy (non-hydrogen) atoms. The zero-order chi connectivity index (χ0) is 22.1. The topological polar surface area (TPSA) is 131 Å². The number of anilines is 1. The van der Waals surface area contributed by atoms with E-state index in [1.165, 1.54) is 24.4 Å². The van der Waals surface area contributed by atoms with E-state index in [-0.39, 0.29) is 11.4 Å². The molecule has 2 aromatic rings. The molecule has 0 bridgehead atoms. The predicted octanol–water partition coefficient (Wildman–Crippen LogP) is 2.08. The zero-order valence-corrected chi connectivity index (χ0v) is 16.9. The number of benzene rings is 2. The molecular weight excluding hydrogens is 412 g/mol. The molecule has 11 heteroatoms. The van der Waals surface area contributed by atoms with Gasteiger partial charge >= 0.3 is 0 Å². The van der Waals surface area contributed by atoms with Gasteiger partial charge in [0, 0.05) is 12.1 Å². The molecule has 0 aliphatic rings. The average molecular weight is 432 g/mol. The number of nitrogens with one attached hydrogen (secondary N) is 1. The Hall–Kier alpha value is -3.73. The lowest BCUT2D eigenvalue weighted by atomic mass is 10.2. The van der Waals surface area contributed by atoms with Crippen LogP contribution in [0.5, 0.6) is 5.75 Å². The van der Waals surface area contributed by atoms with Crippen molar-refractivity contribution >= 4 is 33.5 Å². The third kappa shape index (κ3) is 6.71. The van der Waals surface area contributed by atoms with Gasteiger partial charge in [0.15, 0.2) is 0 Å². The van der Waals surface area contributed by atoms with Gasteiger partial charge in [-0.1, -0.05) is 30.9 Å². The molecule has 0 unspecified atom stereocenters. The van der Waals surface area contributed by atoms with Crippen LogP contribution in [-0.4, -0.2) is 44.9 Å². The minimum absolute atomic E-state index is 0.00195. The summed E-state index contributed by atoms with van der Waals surface area (Å²) in [5, 5.41) is 14.7. The van der Waals surface area contributed by atoms with Gasteiger partial charge in [0.25, 0.3) is 11.6 Å². The van der Waals surface area contributed by atoms with E-state index in [1.54, 1.807) is 30.3 Å². The monoisotopic (exact) mass is 432 g/mol. The lowest BCUT2D eigenvalue weighted by Gasteiger charge is -2.21. The zero-order valence-electron chi connectivity index (χ0n) is 16.1. The number of nitro groups is 1. The number of nitrogens with zero attached hydrogens (tertiary/aromatic N) is 3. The van der Waals surface area contributed by atoms with Crippen molar-refractivity contribution in [3.8, 4) is 5.75 Å². The third-order valence-electron chi connectivity index (χ3n) is 3.64. The maximum atomic E-state index is 12.2. The van der Waals surface area contributed by atoms with Gasteiger partial charge in [0.05, 0.1) is 23.1 Å². The highest BCUT2D eigenvalue weighted by molar-refractivity contribution is 7.92. The first-order chi connectivity index (χ1) is 14.2. The van der Waals surface area contributed by atoms with Crippen LogP contribution in [-0.2, 0) is 14.8 Å². The second-order valence-corrected chi connectivity index (χ2v) is 7.92. The van der Waals surface area contributed by atoms with Gasteiger partial charge in [0.2, 0.25) is 10.0 Å². The Morgan fingerprint density at radius 2 is 2.03 bits per heavy atom. The van der Waals surface area contributed by atoms with Gasteiger partial charge < -0.3 is 4.74 Å². The number of rotatable bonds is 10. The Balaban J connectivity index is 2.08. The number of amides is 1. The number of carbonyl (C=O) groups excluding carboxylic acids is 1. The van der Waals surface area contributed by atoms with Crippen molar-refractivity contribution in [2.24, 2.45) is 5.10 Å². The van der Waals surface area contributed by atoms with Gasteiger partial charge in [-0.05, 0) is 23.8 Å². The largest absolute Gasteiger partial charge is 0.490 e. The Morgan fingerprint density at radius 1 is 1.30 bits per heavy atom. The molecule has 0 aliphatic carbocycles. The molecule has 0 saturated carbocycles. The lowest BCUT2D eigenvalue weighted by Crippen LogP contribution is -2.39. The van der Waals surface area contributed by atoms with E-state index in [9.17, 15) is 23.3 Å². The minimum Gasteiger partial charge on any atom is -0.490 e. The van der Waals surface area contributed by atoms with Crippen molar-refractivity contribution in [1.82, 2.24) is 5.43 Å². The van der Waals surface area contributed by atoms with E-state index in [2.05, 4.69) is 17.1 Å². The van der Waals surface area contributed by atoms with Crippen LogP contribution in [0.15, 0.2) is 66.3 Å². The lowest BCUT2D eigenvalue weighted by molar-refractivity contribution is -0.384. The number of hydrogen-bond donors (Lipinski definition) is 1. The molecule has 0 fully saturated rings. The number of carbonyl (C=O) groups is 1. The van der Waals surface area contributed by atoms with Gasteiger partial charge in [0.1, 0.15) is 18.9 Å². The quantitative estimate of drug-likeness (QED) is 0.265. The Labute approximate surface area is 173 Å². The molecule has 0 radical (unpaired) electrons. The van der Waals surface area contributed by atoms with Crippen molar-refractivity contribution in [3.05, 3.63) is 76.9 Å². The molecule has 2 rings (SSSR count). The summed E-state index contributed by atoms with van der Waals surface area (Å²) >= 11 is 0. The summed E-state index contributed by atoms with van der Waals surface area (Å²) in [7, 11) is -3.87. The van der Waals surface area contributed by atoms with Crippen molar-refractivity contribution in [2.75, 3.05) is 23.7 Å². The van der Waals surface area contributed by atoms with E-state index in [4.69, 9.17) is 4.74 Å². The molecular formula is C19H20N4O6S. The molecule has 158 valence electrons. The van der Waals surface area contributed by atoms with Gasteiger partial charge in [-0.3, -0.25) is 19.2 Å². The highest BCUT2D eigenvalue weighted by Crippen LogP contribution is 2.22. The van der Waals surface area contributed by atoms with Crippen LogP contribution in [0.4, 0.5) is 11.4 Å². The highest BCUT2D eigenvalue weighted by atomic mass is 32.2. The Morgan fingerprint density at radius 3 is 2.70 bits per heavy atom. The van der Waals surface area contributed by atoms with Crippen LogP contribution >= 0.6 is 0 Å². The summed E-state index contributed by atoms with van der Waals surface area (Å²) < 4.78 is 30.3. The van der Waals surface area contributed by atoms with Gasteiger partial charge in [-0.25, -0.2) is 13.8 Å². The van der Waals surface area contributed by atoms with Crippen molar-refractivity contribution in [1.29, 1.82) is 0 Å². The van der Waals surface area contributed by atoms with E-state index >= 15 is 0 Å². The number of non-ortho nitro benzene ring substituents is 1. The van der Waals surface area contributed by atoms with Crippen LogP contribution in [0.25, 0.3) is 0 Å². The average Bonchev–Trinajstić information content (AvgIpc) is 2.70. The normalized spacial score (nSPS) is 11.1. The summed E-state index contributed by atoms with van der Waals surface area (Å²) in [4.78, 5) is 22.5. The Kier molecular flexibility index (Phi) is 7.64. The van der Waals surface area contributed by atoms with Crippen LogP contribution < -0.4 is 14.5 Å². The van der Waals surface area contributed by atoms with Crippen molar-refractivity contribution < 1.29 is 22.9 Å². The molecule has 0 spiro atoms. The van der Waals surface area contributed by atoms with E-state index in [0.717, 1.165) is 16.6 Å². The summed E-state index contributed by atoms with van der Waals surface area (Å²) in [5.74, 6) is -0.124. The maximum absolute atomic E-state index is 12.2. The summed E-state index contributed by atoms with van der Waals surface area (Å²) in [6.07, 6.45) is 3.88. The SMILES string of the molecule is C=CCOc1cccc(/C=N\NC(=O)CN(c2cccc([N+](=O)[O-])c2)S(C)(=O)=O)c1. The highest BCUT2D eigenvalue weighted by Gasteiger charge is 2.22. The third-order valence-corrected chi connectivity index (χ3v) is 4.79. The number of hydrazone groups is 1. The van der Waals surface area contributed by atoms with Gasteiger partial charge in [-0.15, -0.1) is 0 Å². The minimum atomic E-state index is -3.87. The van der Waals surface area contributed by atoms with Gasteiger partial charge in [-0.2, -0.15) is 5.10 Å². The first kappa shape index (κ1) is 22.6. The van der Waals surface area contributed by atoms with Crippen molar-refractivity contribution in [2.45, 2.75) is 0 Å². The fourth-order valence-corrected chi connectivity index (χ4v) is 3.19. The molecule has 0 atom stereocenters. The molecule has 0 aromatic heterocycles. The fourth-order valence-electron chi connectivity index (χ4n) is 2.35. The Bertz CT molecular complexity index is 1070. The molecule has 1 N–H and O–H groups in total. The summed E-state index contributed by atoms with van der Waals surface area (Å²) in [6.45, 7) is 3.31. The van der Waals surface area contributed by atoms with Crippen molar-refractivity contribution in [3.63, 3.8) is 0 Å². The van der Waals surface area contributed by atoms with E-state index in [1.807, 2.05) is 0 Å². The van der Waals surface area contributed by atoms with E-state index in [0.29, 0.717) is 17.9 Å². The molecule has 0 aliphatic heterocycles. The second-order valence-electron chi connectivity index (χ2n) is 6.01. The molecule has 10 nitrogen and oxygen atoms in total. The molecule has 0 saturated heterocycles. The standard InChI is InChI=1S/C19H20N4O6S/c1-3-10-29-18-9-4-6-15(11-18)13-20-21-19(24)14-22(30(2,27)28)16-7-5-8-17(12-16)23(25)26/h3-9,11-13H,1,10,14H2,2H3,(H,21,24)/b20-13-. The smallest absolute Gasteiger partial charge is 0.271 e. The molecule has 1 amide bonds. The van der Waals surface area contributed by atoms with E-state index < -0.39 is 27.4 Å². The van der Waals surface area contributed by atoms with Crippen LogP contribution in [0.1, 0.15) is 5.56 Å². The van der Waals surface area contributed by atoms with Crippen LogP contribution in [0, 0.1) is 10.1 Å². The summed E-state index contributed by atoms with van der Waals surface area (Å²) in [6, 6.07) is 11.9. The first-order valence-electron chi connectivity index (χ1n) is 8.58. The predicted molar refractivity (Wildman–Crippen MR) is 113 cm³/mol. The number of ether oxygens (including phenoxy) is 1. The maximum Gasteiger partial charge on any atom is 0.271 e.